The molecule has 0 spiro atoms. The van der Waals surface area contributed by atoms with Gasteiger partial charge in [-0.3, -0.25) is 32.5 Å². The molecule has 5 unspecified atom stereocenters. The molecule has 0 radical (unpaired) electrons. The van der Waals surface area contributed by atoms with Crippen LogP contribution >= 0.6 is 15.6 Å². The second-order valence-electron chi connectivity index (χ2n) is 34.9. The number of esters is 3. The van der Waals surface area contributed by atoms with Gasteiger partial charge in [0.1, 0.15) is 25.4 Å². The summed E-state index contributed by atoms with van der Waals surface area (Å²) in [5, 5.41) is 20.8. The highest BCUT2D eigenvalue weighted by molar-refractivity contribution is 7.47. The topological polar surface area (TPSA) is 231 Å². The van der Waals surface area contributed by atoms with Gasteiger partial charge in [-0.05, 0) is 161 Å². The Kier molecular flexibility index (Phi) is 98.9. The van der Waals surface area contributed by atoms with Gasteiger partial charge in [0.05, 0.1) is 26.4 Å². The van der Waals surface area contributed by atoms with Crippen molar-refractivity contribution in [3.63, 3.8) is 0 Å². The summed E-state index contributed by atoms with van der Waals surface area (Å²) in [5.41, 5.74) is 0. The number of rotatable bonds is 99. The van der Waals surface area contributed by atoms with E-state index in [2.05, 4.69) is 215 Å². The zero-order chi connectivity index (χ0) is 95.0. The first-order valence-corrected chi connectivity index (χ1v) is 55.7. The lowest BCUT2D eigenvalue weighted by atomic mass is 10.0. The summed E-state index contributed by atoms with van der Waals surface area (Å²) >= 11 is 0. The molecule has 0 amide bonds. The largest absolute Gasteiger partial charge is 0.472 e. The molecule has 0 fully saturated rings. The molecule has 16 nitrogen and oxygen atoms in total. The Balaban J connectivity index is 4.60. The van der Waals surface area contributed by atoms with Gasteiger partial charge in [0.25, 0.3) is 0 Å². The van der Waals surface area contributed by atoms with Crippen LogP contribution in [0.3, 0.4) is 0 Å². The van der Waals surface area contributed by atoms with Gasteiger partial charge in [-0.25, -0.2) is 9.13 Å². The third kappa shape index (κ3) is 105. The van der Waals surface area contributed by atoms with E-state index in [1.54, 1.807) is 0 Å². The molecule has 4 N–H and O–H groups in total. The van der Waals surface area contributed by atoms with Gasteiger partial charge in [0.15, 0.2) is 6.10 Å². The molecule has 0 saturated heterocycles. The van der Waals surface area contributed by atoms with Crippen LogP contribution in [-0.2, 0) is 55.8 Å². The molecule has 0 aromatic rings. The highest BCUT2D eigenvalue weighted by atomic mass is 31.2. The first kappa shape index (κ1) is 125. The number of aliphatic hydroxyl groups is 2. The summed E-state index contributed by atoms with van der Waals surface area (Å²) in [6.07, 6.45) is 139. The Morgan fingerprint density at radius 1 is 0.214 bits per heavy atom. The first-order valence-electron chi connectivity index (χ1n) is 52.7. The zero-order valence-corrected chi connectivity index (χ0v) is 85.0. The molecule has 0 bridgehead atoms. The van der Waals surface area contributed by atoms with Crippen LogP contribution in [0.2, 0.25) is 0 Å². The summed E-state index contributed by atoms with van der Waals surface area (Å²) in [4.78, 5) is 59.3. The van der Waals surface area contributed by atoms with Gasteiger partial charge in [-0.15, -0.1) is 0 Å². The summed E-state index contributed by atoms with van der Waals surface area (Å²) in [7, 11) is -9.82. The lowest BCUT2D eigenvalue weighted by molar-refractivity contribution is -0.161. The molecule has 131 heavy (non-hydrogen) atoms. The normalized spacial score (nSPS) is 14.4. The molecular weight excluding hydrogens is 1680 g/mol. The minimum Gasteiger partial charge on any atom is -0.463 e. The third-order valence-electron chi connectivity index (χ3n) is 22.3. The van der Waals surface area contributed by atoms with E-state index in [1.165, 1.54) is 212 Å². The molecule has 0 aromatic heterocycles. The lowest BCUT2D eigenvalue weighted by Crippen LogP contribution is -2.30. The Labute approximate surface area is 801 Å². The Morgan fingerprint density at radius 3 is 0.603 bits per heavy atom. The molecule has 18 heteroatoms. The molecule has 0 aliphatic carbocycles. The summed E-state index contributed by atoms with van der Waals surface area (Å²) in [6.45, 7) is 2.42. The van der Waals surface area contributed by atoms with Crippen LogP contribution in [0.4, 0.5) is 0 Å². The maximum atomic E-state index is 13.1. The fraction of sp³-hybridized carbons (Fsp3) is 0.690. The van der Waals surface area contributed by atoms with Crippen molar-refractivity contribution >= 4 is 33.6 Å². The molecule has 5 atom stereocenters. The second-order valence-corrected chi connectivity index (χ2v) is 37.8. The second kappa shape index (κ2) is 103. The van der Waals surface area contributed by atoms with Gasteiger partial charge in [0.2, 0.25) is 0 Å². The number of phosphoric ester groups is 2. The summed E-state index contributed by atoms with van der Waals surface area (Å²) < 4.78 is 61.8. The average Bonchev–Trinajstić information content (AvgIpc) is 0.896. The molecule has 0 aliphatic rings. The SMILES string of the molecule is CC/C=C\C/C=C\C/C=C\C/C=C\C/C=C\C/C=C\CCCCCCCCCCCCCCCCCCC(=O)OCC(O)COP(=O)(O)OCC(O)COP(=O)(O)OCC(COC(=O)CCCCCCCCCCCCCCCCC/C=C\C/C=C\C/C=C\C/C=C\C/C=C\CC)OC(=O)CCCCCCCCCCCCCCC/C=C\C/C=C\C/C=C\C/C=C\C/C=C\CC. The first-order chi connectivity index (χ1) is 64.2. The van der Waals surface area contributed by atoms with Crippen LogP contribution in [0.15, 0.2) is 194 Å². The number of hydrogen-bond donors (Lipinski definition) is 4. The lowest BCUT2D eigenvalue weighted by Gasteiger charge is -2.21. The Hall–Kier alpha value is -5.61. The van der Waals surface area contributed by atoms with E-state index in [1.807, 2.05) is 0 Å². The van der Waals surface area contributed by atoms with Crippen molar-refractivity contribution < 1.29 is 75.8 Å². The molecule has 0 saturated carbocycles. The van der Waals surface area contributed by atoms with Gasteiger partial charge >= 0.3 is 33.6 Å². The fourth-order valence-electron chi connectivity index (χ4n) is 14.5. The van der Waals surface area contributed by atoms with Crippen molar-refractivity contribution in [1.82, 2.24) is 0 Å². The number of ether oxygens (including phenoxy) is 3. The van der Waals surface area contributed by atoms with E-state index in [0.29, 0.717) is 19.3 Å². The van der Waals surface area contributed by atoms with Crippen LogP contribution in [0, 0.1) is 0 Å². The number of allylic oxidation sites excluding steroid dienone is 32. The van der Waals surface area contributed by atoms with Gasteiger partial charge in [-0.2, -0.15) is 0 Å². The van der Waals surface area contributed by atoms with E-state index in [9.17, 15) is 43.5 Å². The number of aliphatic hydroxyl groups excluding tert-OH is 2. The molecule has 0 aliphatic heterocycles. The van der Waals surface area contributed by atoms with Crippen molar-refractivity contribution in [3.8, 4) is 0 Å². The number of phosphoric acid groups is 2. The van der Waals surface area contributed by atoms with E-state index >= 15 is 0 Å². The predicted octanol–water partition coefficient (Wildman–Crippen LogP) is 33.7. The number of hydrogen-bond acceptors (Lipinski definition) is 14. The molecule has 750 valence electrons. The summed E-state index contributed by atoms with van der Waals surface area (Å²) in [6, 6.07) is 0. The van der Waals surface area contributed by atoms with E-state index in [-0.39, 0.29) is 19.3 Å². The molecule has 0 aromatic carbocycles. The monoisotopic (exact) mass is 1870 g/mol. The van der Waals surface area contributed by atoms with Gasteiger partial charge < -0.3 is 34.2 Å². The van der Waals surface area contributed by atoms with Gasteiger partial charge in [0, 0.05) is 19.3 Å². The highest BCUT2D eigenvalue weighted by Crippen LogP contribution is 2.45. The van der Waals surface area contributed by atoms with Crippen LogP contribution in [0.1, 0.15) is 445 Å². The zero-order valence-electron chi connectivity index (χ0n) is 83.2. The van der Waals surface area contributed by atoms with Crippen molar-refractivity contribution in [2.45, 2.75) is 463 Å². The minimum absolute atomic E-state index is 0.0995. The number of carbonyl (C=O) groups excluding carboxylic acids is 3. The van der Waals surface area contributed by atoms with Crippen molar-refractivity contribution in [1.29, 1.82) is 0 Å². The third-order valence-corrected chi connectivity index (χ3v) is 24.2. The number of carbonyl (C=O) groups is 3. The number of unbranched alkanes of at least 4 members (excludes halogenated alkanes) is 44. The Bertz CT molecular complexity index is 3160. The smallest absolute Gasteiger partial charge is 0.463 e. The summed E-state index contributed by atoms with van der Waals surface area (Å²) in [5.74, 6) is -1.56. The van der Waals surface area contributed by atoms with Crippen LogP contribution in [0.25, 0.3) is 0 Å². The molecule has 0 rings (SSSR count). The molecular formula is C113H192O16P2. The van der Waals surface area contributed by atoms with Crippen LogP contribution in [0.5, 0.6) is 0 Å². The van der Waals surface area contributed by atoms with E-state index in [0.717, 1.165) is 173 Å². The van der Waals surface area contributed by atoms with Gasteiger partial charge in [-0.1, -0.05) is 459 Å². The van der Waals surface area contributed by atoms with E-state index < -0.39 is 91.5 Å². The Morgan fingerprint density at radius 2 is 0.382 bits per heavy atom. The maximum absolute atomic E-state index is 13.1. The highest BCUT2D eigenvalue weighted by Gasteiger charge is 2.30. The fourth-order valence-corrected chi connectivity index (χ4v) is 16.0. The average molecular weight is 1870 g/mol. The molecule has 0 heterocycles. The minimum atomic E-state index is -4.95. The van der Waals surface area contributed by atoms with Crippen molar-refractivity contribution in [3.05, 3.63) is 194 Å². The quantitative estimate of drug-likeness (QED) is 0.0146. The van der Waals surface area contributed by atoms with E-state index in [4.69, 9.17) is 32.3 Å². The van der Waals surface area contributed by atoms with Crippen molar-refractivity contribution in [2.24, 2.45) is 0 Å². The van der Waals surface area contributed by atoms with Crippen molar-refractivity contribution in [2.75, 3.05) is 39.6 Å². The van der Waals surface area contributed by atoms with Crippen LogP contribution < -0.4 is 0 Å². The maximum Gasteiger partial charge on any atom is 0.472 e. The predicted molar refractivity (Wildman–Crippen MR) is 555 cm³/mol. The standard InChI is InChI=1S/C113H192O16P2/c1-4-7-10-13-16-19-22-25-28-31-34-37-40-43-46-49-51-52-53-54-56-59-60-63-66-69-72-75-78-81-84-87-90-93-96-99-111(116)123-102-108(114)103-125-130(119,120)126-104-109(115)105-127-131(121,122)128-107-110(129-113(118)101-98-95-92-89-86-83-80-77-74-71-68-65-62-57-48-45-42-39-36-33-30-27-24-21-18-15-12-9-6-3)106-124-112(117)100-97-94-91-88-85-82-79-76-73-70-67-64-61-58-55-50-47-44-41-38-35-32-29-26-23-20-17-14-11-8-5-2/h7-12,16-21,25-30,34-39,43-48,51-52,108-110,114-115H,4-6,13-15,22-24,31-33,40-42,49-50,53-107H2,1-3H3,(H,119,120)(H,121,122)/b10-7-,11-8-,12-9-,19-16-,20-17-,21-18-,28-25-,29-26-,30-27-,37-34-,38-35-,39-36-,46-43-,47-44-,48-45-,52-51-. The van der Waals surface area contributed by atoms with Crippen LogP contribution in [-0.4, -0.2) is 95.9 Å².